The van der Waals surface area contributed by atoms with E-state index in [1.807, 2.05) is 43.5 Å². The molecule has 2 aromatic carbocycles. The number of aryl methyl sites for hydroxylation is 1. The lowest BCUT2D eigenvalue weighted by atomic mass is 10.1. The van der Waals surface area contributed by atoms with Crippen LogP contribution in [0.4, 0.5) is 5.69 Å². The van der Waals surface area contributed by atoms with Crippen LogP contribution in [0.2, 0.25) is 0 Å². The quantitative estimate of drug-likeness (QED) is 0.847. The maximum Gasteiger partial charge on any atom is 0.259 e. The van der Waals surface area contributed by atoms with E-state index in [-0.39, 0.29) is 5.91 Å². The van der Waals surface area contributed by atoms with E-state index in [2.05, 4.69) is 5.32 Å². The number of thioether (sulfide) groups is 1. The normalized spacial score (nSPS) is 10.2. The lowest BCUT2D eigenvalue weighted by molar-refractivity contribution is 0.102. The summed E-state index contributed by atoms with van der Waals surface area (Å²) < 4.78 is 10.5. The van der Waals surface area contributed by atoms with Crippen LogP contribution in [0.25, 0.3) is 0 Å². The average molecular weight is 317 g/mol. The molecule has 2 rings (SSSR count). The van der Waals surface area contributed by atoms with E-state index in [1.165, 1.54) is 0 Å². The second-order valence-electron chi connectivity index (χ2n) is 4.70. The second-order valence-corrected chi connectivity index (χ2v) is 5.58. The SMILES string of the molecule is COc1ccc(NC(=O)c2ccc(SC)cc2OC)c(C)c1. The lowest BCUT2D eigenvalue weighted by Gasteiger charge is -2.12. The Morgan fingerprint density at radius 1 is 1.09 bits per heavy atom. The highest BCUT2D eigenvalue weighted by Gasteiger charge is 2.14. The largest absolute Gasteiger partial charge is 0.497 e. The van der Waals surface area contributed by atoms with Gasteiger partial charge in [0.25, 0.3) is 5.91 Å². The zero-order valence-electron chi connectivity index (χ0n) is 13.1. The van der Waals surface area contributed by atoms with Gasteiger partial charge in [-0.1, -0.05) is 0 Å². The number of amides is 1. The van der Waals surface area contributed by atoms with Crippen LogP contribution in [0.1, 0.15) is 15.9 Å². The third kappa shape index (κ3) is 3.54. The van der Waals surface area contributed by atoms with Gasteiger partial charge in [0.2, 0.25) is 0 Å². The topological polar surface area (TPSA) is 47.6 Å². The van der Waals surface area contributed by atoms with Crippen molar-refractivity contribution in [3.63, 3.8) is 0 Å². The molecule has 1 amide bonds. The van der Waals surface area contributed by atoms with Crippen LogP contribution < -0.4 is 14.8 Å². The Morgan fingerprint density at radius 2 is 1.86 bits per heavy atom. The number of ether oxygens (including phenoxy) is 2. The average Bonchev–Trinajstić information content (AvgIpc) is 2.55. The first kappa shape index (κ1) is 16.2. The van der Waals surface area contributed by atoms with Crippen molar-refractivity contribution in [2.24, 2.45) is 0 Å². The Hall–Kier alpha value is -2.14. The fourth-order valence-electron chi connectivity index (χ4n) is 2.08. The highest BCUT2D eigenvalue weighted by molar-refractivity contribution is 7.98. The maximum absolute atomic E-state index is 12.5. The summed E-state index contributed by atoms with van der Waals surface area (Å²) >= 11 is 1.60. The predicted octanol–water partition coefficient (Wildman–Crippen LogP) is 3.99. The molecule has 4 nitrogen and oxygen atoms in total. The number of nitrogens with one attached hydrogen (secondary N) is 1. The van der Waals surface area contributed by atoms with Gasteiger partial charge in [-0.05, 0) is 55.1 Å². The Morgan fingerprint density at radius 3 is 2.45 bits per heavy atom. The second kappa shape index (κ2) is 7.22. The smallest absolute Gasteiger partial charge is 0.259 e. The molecule has 0 aliphatic heterocycles. The molecule has 0 aliphatic carbocycles. The number of methoxy groups -OCH3 is 2. The molecule has 116 valence electrons. The van der Waals surface area contributed by atoms with E-state index < -0.39 is 0 Å². The van der Waals surface area contributed by atoms with Crippen LogP contribution in [-0.4, -0.2) is 26.4 Å². The van der Waals surface area contributed by atoms with Crippen LogP contribution in [-0.2, 0) is 0 Å². The van der Waals surface area contributed by atoms with Crippen molar-refractivity contribution >= 4 is 23.4 Å². The molecule has 5 heteroatoms. The zero-order chi connectivity index (χ0) is 16.1. The van der Waals surface area contributed by atoms with Crippen molar-refractivity contribution < 1.29 is 14.3 Å². The number of anilines is 1. The summed E-state index contributed by atoms with van der Waals surface area (Å²) in [5.74, 6) is 1.13. The van der Waals surface area contributed by atoms with Gasteiger partial charge in [0.1, 0.15) is 11.5 Å². The van der Waals surface area contributed by atoms with Crippen LogP contribution in [0.15, 0.2) is 41.3 Å². The van der Waals surface area contributed by atoms with Gasteiger partial charge in [-0.25, -0.2) is 0 Å². The minimum atomic E-state index is -0.197. The minimum Gasteiger partial charge on any atom is -0.497 e. The van der Waals surface area contributed by atoms with Gasteiger partial charge >= 0.3 is 0 Å². The van der Waals surface area contributed by atoms with E-state index in [4.69, 9.17) is 9.47 Å². The fourth-order valence-corrected chi connectivity index (χ4v) is 2.51. The van der Waals surface area contributed by atoms with Gasteiger partial charge in [-0.15, -0.1) is 11.8 Å². The molecular formula is C17H19NO3S. The summed E-state index contributed by atoms with van der Waals surface area (Å²) in [6.07, 6.45) is 1.98. The van der Waals surface area contributed by atoms with Crippen LogP contribution in [0, 0.1) is 6.92 Å². The molecule has 0 spiro atoms. The molecule has 0 unspecified atom stereocenters. The van der Waals surface area contributed by atoms with E-state index in [1.54, 1.807) is 32.0 Å². The lowest BCUT2D eigenvalue weighted by Crippen LogP contribution is -2.14. The van der Waals surface area contributed by atoms with Crippen molar-refractivity contribution in [3.8, 4) is 11.5 Å². The van der Waals surface area contributed by atoms with Crippen LogP contribution in [0.3, 0.4) is 0 Å². The number of rotatable bonds is 5. The maximum atomic E-state index is 12.5. The van der Waals surface area contributed by atoms with Crippen LogP contribution >= 0.6 is 11.8 Å². The molecular weight excluding hydrogens is 298 g/mol. The van der Waals surface area contributed by atoms with E-state index in [0.29, 0.717) is 11.3 Å². The molecule has 0 atom stereocenters. The molecule has 0 aromatic heterocycles. The molecule has 1 N–H and O–H groups in total. The summed E-state index contributed by atoms with van der Waals surface area (Å²) in [4.78, 5) is 13.5. The van der Waals surface area contributed by atoms with Gasteiger partial charge in [0.15, 0.2) is 0 Å². The first-order valence-electron chi connectivity index (χ1n) is 6.77. The van der Waals surface area contributed by atoms with Gasteiger partial charge in [-0.3, -0.25) is 4.79 Å². The third-order valence-corrected chi connectivity index (χ3v) is 4.06. The molecule has 0 saturated carbocycles. The van der Waals surface area contributed by atoms with Crippen molar-refractivity contribution in [2.45, 2.75) is 11.8 Å². The first-order chi connectivity index (χ1) is 10.6. The van der Waals surface area contributed by atoms with Crippen molar-refractivity contribution in [2.75, 3.05) is 25.8 Å². The Labute approximate surface area is 134 Å². The van der Waals surface area contributed by atoms with Crippen molar-refractivity contribution in [3.05, 3.63) is 47.5 Å². The van der Waals surface area contributed by atoms with Crippen molar-refractivity contribution in [1.82, 2.24) is 0 Å². The number of benzene rings is 2. The molecule has 22 heavy (non-hydrogen) atoms. The number of hydrogen-bond donors (Lipinski definition) is 1. The van der Waals surface area contributed by atoms with Crippen molar-refractivity contribution in [1.29, 1.82) is 0 Å². The predicted molar refractivity (Wildman–Crippen MR) is 90.5 cm³/mol. The third-order valence-electron chi connectivity index (χ3n) is 3.34. The van der Waals surface area contributed by atoms with Gasteiger partial charge in [-0.2, -0.15) is 0 Å². The number of carbonyl (C=O) groups is 1. The highest BCUT2D eigenvalue weighted by atomic mass is 32.2. The Balaban J connectivity index is 2.25. The monoisotopic (exact) mass is 317 g/mol. The Bertz CT molecular complexity index is 686. The fraction of sp³-hybridized carbons (Fsp3) is 0.235. The molecule has 0 radical (unpaired) electrons. The van der Waals surface area contributed by atoms with Gasteiger partial charge in [0.05, 0.1) is 19.8 Å². The summed E-state index contributed by atoms with van der Waals surface area (Å²) in [5.41, 5.74) is 2.20. The molecule has 2 aromatic rings. The Kier molecular flexibility index (Phi) is 5.33. The van der Waals surface area contributed by atoms with Gasteiger partial charge in [0, 0.05) is 10.6 Å². The van der Waals surface area contributed by atoms with Crippen LogP contribution in [0.5, 0.6) is 11.5 Å². The van der Waals surface area contributed by atoms with E-state index in [9.17, 15) is 4.79 Å². The number of hydrogen-bond acceptors (Lipinski definition) is 4. The summed E-state index contributed by atoms with van der Waals surface area (Å²) in [6.45, 7) is 1.92. The summed E-state index contributed by atoms with van der Waals surface area (Å²) in [5, 5.41) is 2.91. The summed E-state index contributed by atoms with van der Waals surface area (Å²) in [6, 6.07) is 11.1. The van der Waals surface area contributed by atoms with Gasteiger partial charge < -0.3 is 14.8 Å². The minimum absolute atomic E-state index is 0.197. The molecule has 0 heterocycles. The molecule has 0 aliphatic rings. The highest BCUT2D eigenvalue weighted by Crippen LogP contribution is 2.27. The first-order valence-corrected chi connectivity index (χ1v) is 7.99. The zero-order valence-corrected chi connectivity index (χ0v) is 13.9. The molecule has 0 fully saturated rings. The van der Waals surface area contributed by atoms with E-state index in [0.717, 1.165) is 21.9 Å². The number of carbonyl (C=O) groups excluding carboxylic acids is 1. The van der Waals surface area contributed by atoms with E-state index >= 15 is 0 Å². The standard InChI is InChI=1S/C17H19NO3S/c1-11-9-12(20-2)5-8-15(11)18-17(19)14-7-6-13(22-4)10-16(14)21-3/h5-10H,1-4H3,(H,18,19). The molecule has 0 bridgehead atoms. The summed E-state index contributed by atoms with van der Waals surface area (Å²) in [7, 11) is 3.18. The molecule has 0 saturated heterocycles.